The summed E-state index contributed by atoms with van der Waals surface area (Å²) in [5.41, 5.74) is 10.4. The smallest absolute Gasteiger partial charge is 0.0651 e. The molecule has 2 N–H and O–H groups in total. The number of aryl methyl sites for hydroxylation is 2. The molecule has 0 radical (unpaired) electrons. The summed E-state index contributed by atoms with van der Waals surface area (Å²) in [6.07, 6.45) is 0. The molecule has 0 spiro atoms. The van der Waals surface area contributed by atoms with Crippen LogP contribution in [0.1, 0.15) is 29.2 Å². The van der Waals surface area contributed by atoms with Crippen LogP contribution in [-0.4, -0.2) is 0 Å². The Morgan fingerprint density at radius 3 is 2.32 bits per heavy atom. The SMILES string of the molecule is Cc1ccc(C(C)(N)c2ccc(Br)cc2Cl)cc1C. The Hall–Kier alpha value is -0.830. The molecule has 1 nitrogen and oxygen atoms in total. The van der Waals surface area contributed by atoms with Gasteiger partial charge in [-0.05, 0) is 55.2 Å². The number of hydrogen-bond acceptors (Lipinski definition) is 1. The van der Waals surface area contributed by atoms with E-state index in [0.29, 0.717) is 5.02 Å². The maximum absolute atomic E-state index is 6.53. The molecule has 0 saturated carbocycles. The fourth-order valence-corrected chi connectivity index (χ4v) is 3.00. The van der Waals surface area contributed by atoms with Gasteiger partial charge in [0.05, 0.1) is 5.54 Å². The van der Waals surface area contributed by atoms with Gasteiger partial charge in [-0.1, -0.05) is 51.8 Å². The second kappa shape index (κ2) is 5.28. The van der Waals surface area contributed by atoms with Gasteiger partial charge in [0.2, 0.25) is 0 Å². The van der Waals surface area contributed by atoms with Gasteiger partial charge < -0.3 is 5.73 Å². The van der Waals surface area contributed by atoms with Crippen LogP contribution in [-0.2, 0) is 5.54 Å². The van der Waals surface area contributed by atoms with Crippen LogP contribution in [0.3, 0.4) is 0 Å². The van der Waals surface area contributed by atoms with E-state index in [1.165, 1.54) is 11.1 Å². The molecule has 19 heavy (non-hydrogen) atoms. The average Bonchev–Trinajstić information content (AvgIpc) is 2.32. The molecule has 0 aliphatic carbocycles. The van der Waals surface area contributed by atoms with Crippen molar-refractivity contribution in [2.24, 2.45) is 5.73 Å². The van der Waals surface area contributed by atoms with E-state index in [-0.39, 0.29) is 0 Å². The van der Waals surface area contributed by atoms with Crippen LogP contribution in [0.15, 0.2) is 40.9 Å². The molecule has 0 heterocycles. The van der Waals surface area contributed by atoms with E-state index in [0.717, 1.165) is 15.6 Å². The van der Waals surface area contributed by atoms with Crippen molar-refractivity contribution in [3.05, 3.63) is 68.1 Å². The van der Waals surface area contributed by atoms with E-state index in [9.17, 15) is 0 Å². The maximum atomic E-state index is 6.53. The molecule has 0 amide bonds. The number of hydrogen-bond donors (Lipinski definition) is 1. The lowest BCUT2D eigenvalue weighted by Crippen LogP contribution is -2.34. The molecule has 2 aromatic carbocycles. The molecular weight excluding hydrogens is 322 g/mol. The highest BCUT2D eigenvalue weighted by molar-refractivity contribution is 9.10. The first-order valence-electron chi connectivity index (χ1n) is 6.14. The van der Waals surface area contributed by atoms with E-state index in [4.69, 9.17) is 17.3 Å². The Kier molecular flexibility index (Phi) is 4.05. The third-order valence-electron chi connectivity index (χ3n) is 3.60. The fourth-order valence-electron chi connectivity index (χ4n) is 2.13. The second-order valence-corrected chi connectivity index (χ2v) is 6.45. The third kappa shape index (κ3) is 2.86. The number of nitrogens with two attached hydrogens (primary N) is 1. The maximum Gasteiger partial charge on any atom is 0.0651 e. The summed E-state index contributed by atoms with van der Waals surface area (Å²) >= 11 is 9.74. The van der Waals surface area contributed by atoms with Crippen LogP contribution in [0.25, 0.3) is 0 Å². The van der Waals surface area contributed by atoms with Gasteiger partial charge in [-0.15, -0.1) is 0 Å². The zero-order valence-electron chi connectivity index (χ0n) is 11.3. The van der Waals surface area contributed by atoms with Crippen molar-refractivity contribution in [1.29, 1.82) is 0 Å². The van der Waals surface area contributed by atoms with Gasteiger partial charge in [-0.2, -0.15) is 0 Å². The molecule has 100 valence electrons. The van der Waals surface area contributed by atoms with Crippen LogP contribution in [0.2, 0.25) is 5.02 Å². The summed E-state index contributed by atoms with van der Waals surface area (Å²) in [5.74, 6) is 0. The summed E-state index contributed by atoms with van der Waals surface area (Å²) in [6, 6.07) is 12.1. The van der Waals surface area contributed by atoms with E-state index in [1.807, 2.05) is 25.1 Å². The van der Waals surface area contributed by atoms with Gasteiger partial charge in [-0.3, -0.25) is 0 Å². The van der Waals surface area contributed by atoms with Gasteiger partial charge in [0.1, 0.15) is 0 Å². The summed E-state index contributed by atoms with van der Waals surface area (Å²) in [4.78, 5) is 0. The summed E-state index contributed by atoms with van der Waals surface area (Å²) in [7, 11) is 0. The molecule has 1 atom stereocenters. The van der Waals surface area contributed by atoms with Gasteiger partial charge in [-0.25, -0.2) is 0 Å². The first kappa shape index (κ1) is 14.6. The molecule has 0 aliphatic rings. The normalized spacial score (nSPS) is 14.2. The zero-order chi connectivity index (χ0) is 14.2. The van der Waals surface area contributed by atoms with Crippen molar-refractivity contribution in [3.8, 4) is 0 Å². The molecule has 0 aliphatic heterocycles. The van der Waals surface area contributed by atoms with E-state index in [2.05, 4.69) is 48.0 Å². The topological polar surface area (TPSA) is 26.0 Å². The molecular formula is C16H17BrClN. The van der Waals surface area contributed by atoms with Gasteiger partial charge >= 0.3 is 0 Å². The Morgan fingerprint density at radius 1 is 1.05 bits per heavy atom. The van der Waals surface area contributed by atoms with Crippen LogP contribution in [0, 0.1) is 13.8 Å². The molecule has 0 saturated heterocycles. The minimum absolute atomic E-state index is 0.601. The third-order valence-corrected chi connectivity index (χ3v) is 4.40. The largest absolute Gasteiger partial charge is 0.318 e. The van der Waals surface area contributed by atoms with Gasteiger partial charge in [0, 0.05) is 9.50 Å². The lowest BCUT2D eigenvalue weighted by atomic mass is 9.84. The molecule has 0 aromatic heterocycles. The molecule has 2 aromatic rings. The monoisotopic (exact) mass is 337 g/mol. The molecule has 0 fully saturated rings. The van der Waals surface area contributed by atoms with Crippen molar-refractivity contribution in [1.82, 2.24) is 0 Å². The van der Waals surface area contributed by atoms with Crippen molar-refractivity contribution in [3.63, 3.8) is 0 Å². The summed E-state index contributed by atoms with van der Waals surface area (Å²) in [6.45, 7) is 6.18. The van der Waals surface area contributed by atoms with Crippen LogP contribution in [0.4, 0.5) is 0 Å². The highest BCUT2D eigenvalue weighted by Gasteiger charge is 2.26. The zero-order valence-corrected chi connectivity index (χ0v) is 13.6. The predicted octanol–water partition coefficient (Wildman–Crippen LogP) is 4.94. The van der Waals surface area contributed by atoms with Crippen LogP contribution < -0.4 is 5.73 Å². The van der Waals surface area contributed by atoms with Crippen molar-refractivity contribution < 1.29 is 0 Å². The standard InChI is InChI=1S/C16H17BrClN/c1-10-4-5-12(8-11(10)2)16(3,19)14-7-6-13(17)9-15(14)18/h4-9H,19H2,1-3H3. The highest BCUT2D eigenvalue weighted by atomic mass is 79.9. The Bertz CT molecular complexity index is 620. The predicted molar refractivity (Wildman–Crippen MR) is 85.7 cm³/mol. The quantitative estimate of drug-likeness (QED) is 0.824. The molecule has 2 rings (SSSR count). The van der Waals surface area contributed by atoms with Crippen LogP contribution >= 0.6 is 27.5 Å². The van der Waals surface area contributed by atoms with Gasteiger partial charge in [0.15, 0.2) is 0 Å². The number of rotatable bonds is 2. The second-order valence-electron chi connectivity index (χ2n) is 5.13. The number of benzene rings is 2. The van der Waals surface area contributed by atoms with Crippen LogP contribution in [0.5, 0.6) is 0 Å². The Labute approximate surface area is 127 Å². The molecule has 3 heteroatoms. The lowest BCUT2D eigenvalue weighted by Gasteiger charge is -2.28. The lowest BCUT2D eigenvalue weighted by molar-refractivity contribution is 0.602. The Balaban J connectivity index is 2.54. The summed E-state index contributed by atoms with van der Waals surface area (Å²) < 4.78 is 0.956. The summed E-state index contributed by atoms with van der Waals surface area (Å²) in [5, 5.41) is 0.678. The molecule has 1 unspecified atom stereocenters. The van der Waals surface area contributed by atoms with E-state index >= 15 is 0 Å². The van der Waals surface area contributed by atoms with Gasteiger partial charge in [0.25, 0.3) is 0 Å². The first-order chi connectivity index (χ1) is 8.82. The Morgan fingerprint density at radius 2 is 1.74 bits per heavy atom. The van der Waals surface area contributed by atoms with E-state index in [1.54, 1.807) is 0 Å². The minimum atomic E-state index is -0.601. The van der Waals surface area contributed by atoms with Crippen molar-refractivity contribution in [2.45, 2.75) is 26.3 Å². The first-order valence-corrected chi connectivity index (χ1v) is 7.31. The van der Waals surface area contributed by atoms with Crippen molar-refractivity contribution in [2.75, 3.05) is 0 Å². The average molecular weight is 339 g/mol. The number of halogens is 2. The van der Waals surface area contributed by atoms with E-state index < -0.39 is 5.54 Å². The highest BCUT2D eigenvalue weighted by Crippen LogP contribution is 2.34. The fraction of sp³-hybridized carbons (Fsp3) is 0.250. The minimum Gasteiger partial charge on any atom is -0.318 e. The van der Waals surface area contributed by atoms with Crippen molar-refractivity contribution >= 4 is 27.5 Å². The molecule has 0 bridgehead atoms.